The number of hydrogen-bond acceptors (Lipinski definition) is 2. The topological polar surface area (TPSA) is 46.2 Å². The van der Waals surface area contributed by atoms with Crippen LogP contribution in [0.1, 0.15) is 34.6 Å². The molecule has 0 atom stereocenters. The Morgan fingerprint density at radius 3 is 1.67 bits per heavy atom. The highest BCUT2D eigenvalue weighted by atomic mass is 16.2. The molecule has 1 aliphatic heterocycles. The maximum atomic E-state index is 10.9. The number of allylic oxidation sites excluding steroid dienone is 2. The van der Waals surface area contributed by atoms with Gasteiger partial charge in [0.05, 0.1) is 11.1 Å². The molecule has 0 unspecified atom stereocenters. The second-order valence-electron chi connectivity index (χ2n) is 3.00. The molecule has 1 aromatic carbocycles. The number of imide groups is 1. The van der Waals surface area contributed by atoms with Crippen LogP contribution in [0.15, 0.2) is 36.4 Å². The smallest absolute Gasteiger partial charge is 0.258 e. The van der Waals surface area contributed by atoms with E-state index in [1.807, 2.05) is 26.0 Å². The molecule has 1 N–H and O–H groups in total. The van der Waals surface area contributed by atoms with Crippen LogP contribution in [-0.4, -0.2) is 11.8 Å². The third-order valence-electron chi connectivity index (χ3n) is 1.98. The summed E-state index contributed by atoms with van der Waals surface area (Å²) in [5.41, 5.74) is 0.940. The minimum absolute atomic E-state index is 0.300. The fourth-order valence-corrected chi connectivity index (χ4v) is 1.12. The van der Waals surface area contributed by atoms with Gasteiger partial charge in [-0.1, -0.05) is 24.3 Å². The van der Waals surface area contributed by atoms with Crippen LogP contribution in [0.25, 0.3) is 0 Å². The van der Waals surface area contributed by atoms with Crippen molar-refractivity contribution in [2.75, 3.05) is 0 Å². The maximum absolute atomic E-state index is 10.9. The highest BCUT2D eigenvalue weighted by Gasteiger charge is 2.25. The van der Waals surface area contributed by atoms with Gasteiger partial charge in [-0.05, 0) is 26.0 Å². The number of fused-ring (bicyclic) bond motifs is 1. The Balaban J connectivity index is 0.000000245. The zero-order valence-corrected chi connectivity index (χ0v) is 8.78. The standard InChI is InChI=1S/C8H5NO2.C4H8/c10-7-5-3-1-2-4-6(5)8(11)9-7;1-3-4-2/h1-4H,(H,9,10,11);3-4H,1-2H3. The largest absolute Gasteiger partial charge is 0.288 e. The zero-order chi connectivity index (χ0) is 11.3. The highest BCUT2D eigenvalue weighted by Crippen LogP contribution is 2.13. The summed E-state index contributed by atoms with van der Waals surface area (Å²) in [5.74, 6) is -0.601. The lowest BCUT2D eigenvalue weighted by atomic mass is 10.1. The van der Waals surface area contributed by atoms with Gasteiger partial charge in [0.25, 0.3) is 11.8 Å². The molecule has 1 aliphatic rings. The summed E-state index contributed by atoms with van der Waals surface area (Å²) in [7, 11) is 0. The Hall–Kier alpha value is -1.90. The van der Waals surface area contributed by atoms with Crippen LogP contribution in [0.4, 0.5) is 0 Å². The van der Waals surface area contributed by atoms with E-state index < -0.39 is 0 Å². The van der Waals surface area contributed by atoms with Gasteiger partial charge in [-0.3, -0.25) is 14.9 Å². The third-order valence-corrected chi connectivity index (χ3v) is 1.98. The van der Waals surface area contributed by atoms with Gasteiger partial charge in [0, 0.05) is 0 Å². The monoisotopic (exact) mass is 203 g/mol. The second kappa shape index (κ2) is 5.10. The van der Waals surface area contributed by atoms with Gasteiger partial charge >= 0.3 is 0 Å². The highest BCUT2D eigenvalue weighted by molar-refractivity contribution is 6.21. The Kier molecular flexibility index (Phi) is 3.80. The summed E-state index contributed by atoms with van der Waals surface area (Å²) < 4.78 is 0. The summed E-state index contributed by atoms with van der Waals surface area (Å²) in [6.45, 7) is 4.00. The number of carbonyl (C=O) groups is 2. The molecule has 0 spiro atoms. The van der Waals surface area contributed by atoms with Gasteiger partial charge in [0.1, 0.15) is 0 Å². The molecule has 0 aliphatic carbocycles. The van der Waals surface area contributed by atoms with Crippen LogP contribution in [0, 0.1) is 0 Å². The average molecular weight is 203 g/mol. The van der Waals surface area contributed by atoms with Crippen molar-refractivity contribution in [3.8, 4) is 0 Å². The van der Waals surface area contributed by atoms with Crippen molar-refractivity contribution in [3.63, 3.8) is 0 Å². The Labute approximate surface area is 88.8 Å². The summed E-state index contributed by atoms with van der Waals surface area (Å²) in [6.07, 6.45) is 4.00. The van der Waals surface area contributed by atoms with E-state index in [0.29, 0.717) is 11.1 Å². The van der Waals surface area contributed by atoms with Crippen molar-refractivity contribution in [3.05, 3.63) is 47.5 Å². The molecule has 0 bridgehead atoms. The number of amides is 2. The molecule has 78 valence electrons. The fraction of sp³-hybridized carbons (Fsp3) is 0.167. The fourth-order valence-electron chi connectivity index (χ4n) is 1.12. The number of rotatable bonds is 0. The predicted molar refractivity (Wildman–Crippen MR) is 58.7 cm³/mol. The molecule has 1 heterocycles. The molecule has 2 amide bonds. The lowest BCUT2D eigenvalue weighted by molar-refractivity contribution is 0.0879. The van der Waals surface area contributed by atoms with E-state index in [-0.39, 0.29) is 11.8 Å². The van der Waals surface area contributed by atoms with Crippen LogP contribution < -0.4 is 5.32 Å². The molecule has 0 saturated carbocycles. The van der Waals surface area contributed by atoms with Crippen LogP contribution in [0.2, 0.25) is 0 Å². The molecule has 2 rings (SSSR count). The summed E-state index contributed by atoms with van der Waals surface area (Å²) >= 11 is 0. The van der Waals surface area contributed by atoms with Crippen LogP contribution in [0.3, 0.4) is 0 Å². The van der Waals surface area contributed by atoms with E-state index in [1.165, 1.54) is 0 Å². The number of carbonyl (C=O) groups excluding carboxylic acids is 2. The second-order valence-corrected chi connectivity index (χ2v) is 3.00. The van der Waals surface area contributed by atoms with Crippen molar-refractivity contribution >= 4 is 11.8 Å². The SMILES string of the molecule is CC=CC.O=C1NC(=O)c2ccccc21. The first-order chi connectivity index (χ1) is 7.20. The first-order valence-electron chi connectivity index (χ1n) is 4.72. The molecule has 0 fully saturated rings. The minimum atomic E-state index is -0.300. The molecule has 15 heavy (non-hydrogen) atoms. The summed E-state index contributed by atoms with van der Waals surface area (Å²) in [5, 5.41) is 2.20. The van der Waals surface area contributed by atoms with Crippen LogP contribution >= 0.6 is 0 Å². The molecule has 0 saturated heterocycles. The Morgan fingerprint density at radius 1 is 0.933 bits per heavy atom. The van der Waals surface area contributed by atoms with E-state index >= 15 is 0 Å². The lowest BCUT2D eigenvalue weighted by Gasteiger charge is -1.88. The van der Waals surface area contributed by atoms with E-state index in [1.54, 1.807) is 24.3 Å². The van der Waals surface area contributed by atoms with Gasteiger partial charge in [-0.25, -0.2) is 0 Å². The predicted octanol–water partition coefficient (Wildman–Crippen LogP) is 2.15. The molecule has 0 aromatic heterocycles. The number of benzene rings is 1. The zero-order valence-electron chi connectivity index (χ0n) is 8.78. The van der Waals surface area contributed by atoms with Gasteiger partial charge in [-0.15, -0.1) is 0 Å². The van der Waals surface area contributed by atoms with E-state index in [4.69, 9.17) is 0 Å². The van der Waals surface area contributed by atoms with Crippen molar-refractivity contribution < 1.29 is 9.59 Å². The van der Waals surface area contributed by atoms with E-state index in [2.05, 4.69) is 5.32 Å². The van der Waals surface area contributed by atoms with Crippen molar-refractivity contribution in [2.45, 2.75) is 13.8 Å². The summed E-state index contributed by atoms with van der Waals surface area (Å²) in [4.78, 5) is 21.9. The molecule has 0 radical (unpaired) electrons. The van der Waals surface area contributed by atoms with E-state index in [9.17, 15) is 9.59 Å². The number of hydrogen-bond donors (Lipinski definition) is 1. The van der Waals surface area contributed by atoms with Gasteiger partial charge in [-0.2, -0.15) is 0 Å². The number of nitrogens with one attached hydrogen (secondary N) is 1. The minimum Gasteiger partial charge on any atom is -0.288 e. The lowest BCUT2D eigenvalue weighted by Crippen LogP contribution is -2.19. The third kappa shape index (κ3) is 2.53. The van der Waals surface area contributed by atoms with Crippen molar-refractivity contribution in [1.82, 2.24) is 5.32 Å². The molecular weight excluding hydrogens is 190 g/mol. The van der Waals surface area contributed by atoms with Gasteiger partial charge in [0.2, 0.25) is 0 Å². The van der Waals surface area contributed by atoms with Gasteiger partial charge in [0.15, 0.2) is 0 Å². The summed E-state index contributed by atoms with van der Waals surface area (Å²) in [6, 6.07) is 6.74. The molecular formula is C12H13NO2. The molecule has 1 aromatic rings. The van der Waals surface area contributed by atoms with Gasteiger partial charge < -0.3 is 0 Å². The quantitative estimate of drug-likeness (QED) is 0.518. The van der Waals surface area contributed by atoms with E-state index in [0.717, 1.165) is 0 Å². The van der Waals surface area contributed by atoms with Crippen LogP contribution in [-0.2, 0) is 0 Å². The maximum Gasteiger partial charge on any atom is 0.258 e. The van der Waals surface area contributed by atoms with Crippen LogP contribution in [0.5, 0.6) is 0 Å². The average Bonchev–Trinajstić information content (AvgIpc) is 2.56. The normalized spacial score (nSPS) is 13.2. The first kappa shape index (κ1) is 11.2. The first-order valence-corrected chi connectivity index (χ1v) is 4.72. The Morgan fingerprint density at radius 2 is 1.33 bits per heavy atom. The molecule has 3 heteroatoms. The van der Waals surface area contributed by atoms with Crippen molar-refractivity contribution in [1.29, 1.82) is 0 Å². The molecule has 3 nitrogen and oxygen atoms in total. The van der Waals surface area contributed by atoms with Crippen molar-refractivity contribution in [2.24, 2.45) is 0 Å². The Bertz CT molecular complexity index is 371.